The lowest BCUT2D eigenvalue weighted by molar-refractivity contribution is 0.0538. The minimum Gasteiger partial charge on any atom is -0.335 e. The molecule has 2 aromatic rings. The van der Waals surface area contributed by atoms with Gasteiger partial charge in [-0.1, -0.05) is 27.7 Å². The van der Waals surface area contributed by atoms with Crippen molar-refractivity contribution in [1.29, 1.82) is 0 Å². The predicted molar refractivity (Wildman–Crippen MR) is 88.2 cm³/mol. The van der Waals surface area contributed by atoms with Crippen LogP contribution in [0.4, 0.5) is 0 Å². The summed E-state index contributed by atoms with van der Waals surface area (Å²) in [5.41, 5.74) is 0.453. The molecule has 0 unspecified atom stereocenters. The first kappa shape index (κ1) is 16.2. The molecule has 0 radical (unpaired) electrons. The van der Waals surface area contributed by atoms with Crippen LogP contribution in [0, 0.1) is 0 Å². The molecule has 0 aliphatic carbocycles. The van der Waals surface area contributed by atoms with E-state index in [4.69, 9.17) is 23.2 Å². The number of amides is 2. The minimum atomic E-state index is -0.138. The molecule has 0 atom stereocenters. The van der Waals surface area contributed by atoms with Crippen LogP contribution in [0.3, 0.4) is 0 Å². The summed E-state index contributed by atoms with van der Waals surface area (Å²) in [6.45, 7) is 1.86. The quantitative estimate of drug-likeness (QED) is 0.814. The van der Waals surface area contributed by atoms with Crippen LogP contribution < -0.4 is 0 Å². The van der Waals surface area contributed by atoms with E-state index in [0.717, 1.165) is 11.5 Å². The first-order valence-electron chi connectivity index (χ1n) is 6.86. The summed E-state index contributed by atoms with van der Waals surface area (Å²) >= 11 is 12.9. The van der Waals surface area contributed by atoms with Gasteiger partial charge in [0.25, 0.3) is 11.8 Å². The van der Waals surface area contributed by atoms with Crippen molar-refractivity contribution in [2.24, 2.45) is 0 Å². The normalized spacial score (nSPS) is 14.9. The SMILES string of the molecule is O=C(c1cc(Cl)cc(Cl)c1)N1CCN(C(=O)c2cnns2)CC1. The fraction of sp³-hybridized carbons (Fsp3) is 0.286. The van der Waals surface area contributed by atoms with Crippen LogP contribution in [-0.2, 0) is 0 Å². The molecule has 9 heteroatoms. The first-order valence-corrected chi connectivity index (χ1v) is 8.39. The Bertz CT molecular complexity index is 710. The van der Waals surface area contributed by atoms with E-state index in [9.17, 15) is 9.59 Å². The molecular formula is C14H12Cl2N4O2S. The molecule has 1 aliphatic rings. The van der Waals surface area contributed by atoms with Gasteiger partial charge in [-0.2, -0.15) is 0 Å². The van der Waals surface area contributed by atoms with E-state index in [1.165, 1.54) is 6.20 Å². The predicted octanol–water partition coefficient (Wildman–Crippen LogP) is 2.44. The monoisotopic (exact) mass is 370 g/mol. The number of hydrogen-bond donors (Lipinski definition) is 0. The molecule has 1 fully saturated rings. The van der Waals surface area contributed by atoms with E-state index in [1.807, 2.05) is 0 Å². The van der Waals surface area contributed by atoms with E-state index >= 15 is 0 Å². The van der Waals surface area contributed by atoms with Gasteiger partial charge in [-0.05, 0) is 29.7 Å². The number of aromatic nitrogens is 2. The fourth-order valence-electron chi connectivity index (χ4n) is 2.39. The van der Waals surface area contributed by atoms with Crippen LogP contribution in [0.2, 0.25) is 10.0 Å². The molecule has 0 saturated carbocycles. The summed E-state index contributed by atoms with van der Waals surface area (Å²) in [6.07, 6.45) is 1.46. The van der Waals surface area contributed by atoms with Crippen molar-refractivity contribution < 1.29 is 9.59 Å². The van der Waals surface area contributed by atoms with Crippen LogP contribution in [0.1, 0.15) is 20.0 Å². The molecule has 6 nitrogen and oxygen atoms in total. The Morgan fingerprint density at radius 1 is 0.957 bits per heavy atom. The number of hydrogen-bond acceptors (Lipinski definition) is 5. The van der Waals surface area contributed by atoms with Crippen molar-refractivity contribution in [3.8, 4) is 0 Å². The molecule has 1 saturated heterocycles. The molecule has 0 N–H and O–H groups in total. The summed E-state index contributed by atoms with van der Waals surface area (Å²) < 4.78 is 3.69. The Morgan fingerprint density at radius 3 is 2.04 bits per heavy atom. The molecule has 120 valence electrons. The molecule has 0 bridgehead atoms. The summed E-state index contributed by atoms with van der Waals surface area (Å²) in [5, 5.41) is 4.52. The summed E-state index contributed by atoms with van der Waals surface area (Å²) in [5.74, 6) is -0.237. The molecule has 1 aromatic heterocycles. The van der Waals surface area contributed by atoms with Crippen molar-refractivity contribution >= 4 is 46.5 Å². The highest BCUT2D eigenvalue weighted by molar-refractivity contribution is 7.07. The lowest BCUT2D eigenvalue weighted by Gasteiger charge is -2.34. The van der Waals surface area contributed by atoms with Crippen LogP contribution in [0.5, 0.6) is 0 Å². The highest BCUT2D eigenvalue weighted by Gasteiger charge is 2.26. The lowest BCUT2D eigenvalue weighted by Crippen LogP contribution is -2.50. The molecule has 1 aromatic carbocycles. The summed E-state index contributed by atoms with van der Waals surface area (Å²) in [7, 11) is 0. The Morgan fingerprint density at radius 2 is 1.52 bits per heavy atom. The third kappa shape index (κ3) is 3.63. The van der Waals surface area contributed by atoms with Crippen LogP contribution >= 0.6 is 34.7 Å². The Kier molecular flexibility index (Phi) is 4.79. The maximum absolute atomic E-state index is 12.5. The largest absolute Gasteiger partial charge is 0.335 e. The van der Waals surface area contributed by atoms with Crippen molar-refractivity contribution in [3.05, 3.63) is 44.9 Å². The Hall–Kier alpha value is -1.70. The number of piperazine rings is 1. The van der Waals surface area contributed by atoms with Crippen LogP contribution in [0.25, 0.3) is 0 Å². The third-order valence-electron chi connectivity index (χ3n) is 3.54. The van der Waals surface area contributed by atoms with Gasteiger partial charge in [-0.3, -0.25) is 9.59 Å². The van der Waals surface area contributed by atoms with Gasteiger partial charge in [0.1, 0.15) is 4.88 Å². The highest BCUT2D eigenvalue weighted by atomic mass is 35.5. The second-order valence-corrected chi connectivity index (χ2v) is 6.68. The van der Waals surface area contributed by atoms with E-state index in [0.29, 0.717) is 46.7 Å². The average Bonchev–Trinajstić information content (AvgIpc) is 3.07. The maximum atomic E-state index is 12.5. The maximum Gasteiger partial charge on any atom is 0.267 e. The van der Waals surface area contributed by atoms with Gasteiger partial charge in [0.2, 0.25) is 0 Å². The second kappa shape index (κ2) is 6.82. The van der Waals surface area contributed by atoms with Gasteiger partial charge in [-0.25, -0.2) is 0 Å². The van der Waals surface area contributed by atoms with Gasteiger partial charge in [0, 0.05) is 41.8 Å². The standard InChI is InChI=1S/C14H12Cl2N4O2S/c15-10-5-9(6-11(16)7-10)13(21)19-1-3-20(4-2-19)14(22)12-8-17-18-23-12/h5-8H,1-4H2. The molecule has 2 amide bonds. The Labute approximate surface area is 146 Å². The van der Waals surface area contributed by atoms with Gasteiger partial charge in [-0.15, -0.1) is 5.10 Å². The number of benzene rings is 1. The number of halogens is 2. The first-order chi connectivity index (χ1) is 11.0. The molecule has 2 heterocycles. The van der Waals surface area contributed by atoms with E-state index in [2.05, 4.69) is 9.59 Å². The van der Waals surface area contributed by atoms with E-state index in [-0.39, 0.29) is 11.8 Å². The van der Waals surface area contributed by atoms with E-state index < -0.39 is 0 Å². The van der Waals surface area contributed by atoms with E-state index in [1.54, 1.807) is 28.0 Å². The second-order valence-electron chi connectivity index (χ2n) is 5.02. The summed E-state index contributed by atoms with van der Waals surface area (Å²) in [4.78, 5) is 28.6. The van der Waals surface area contributed by atoms with Crippen molar-refractivity contribution in [2.45, 2.75) is 0 Å². The number of carbonyl (C=O) groups is 2. The van der Waals surface area contributed by atoms with Crippen LogP contribution in [-0.4, -0.2) is 57.4 Å². The zero-order valence-electron chi connectivity index (χ0n) is 11.9. The zero-order valence-corrected chi connectivity index (χ0v) is 14.2. The lowest BCUT2D eigenvalue weighted by atomic mass is 10.2. The number of rotatable bonds is 2. The van der Waals surface area contributed by atoms with Crippen molar-refractivity contribution in [3.63, 3.8) is 0 Å². The molecule has 1 aliphatic heterocycles. The average molecular weight is 371 g/mol. The van der Waals surface area contributed by atoms with Crippen molar-refractivity contribution in [1.82, 2.24) is 19.4 Å². The molecule has 3 rings (SSSR count). The minimum absolute atomic E-state index is 0.0992. The highest BCUT2D eigenvalue weighted by Crippen LogP contribution is 2.21. The van der Waals surface area contributed by atoms with Crippen molar-refractivity contribution in [2.75, 3.05) is 26.2 Å². The number of carbonyl (C=O) groups excluding carboxylic acids is 2. The molecular weight excluding hydrogens is 359 g/mol. The number of nitrogens with zero attached hydrogens (tertiary/aromatic N) is 4. The van der Waals surface area contributed by atoms with Gasteiger partial charge < -0.3 is 9.80 Å². The smallest absolute Gasteiger partial charge is 0.267 e. The van der Waals surface area contributed by atoms with Crippen LogP contribution in [0.15, 0.2) is 24.4 Å². The zero-order chi connectivity index (χ0) is 16.4. The third-order valence-corrected chi connectivity index (χ3v) is 4.62. The Balaban J connectivity index is 1.64. The summed E-state index contributed by atoms with van der Waals surface area (Å²) in [6, 6.07) is 4.77. The molecule has 23 heavy (non-hydrogen) atoms. The van der Waals surface area contributed by atoms with Gasteiger partial charge in [0.15, 0.2) is 0 Å². The van der Waals surface area contributed by atoms with Gasteiger partial charge in [0.05, 0.1) is 6.20 Å². The fourth-order valence-corrected chi connectivity index (χ4v) is 3.40. The van der Waals surface area contributed by atoms with Gasteiger partial charge >= 0.3 is 0 Å². The topological polar surface area (TPSA) is 66.4 Å². The molecule has 0 spiro atoms.